The molecule has 7 nitrogen and oxygen atoms in total. The lowest BCUT2D eigenvalue weighted by molar-refractivity contribution is 0.0931. The number of anilines is 1. The molecular formula is C17H11N3O4S2. The molecule has 2 heterocycles. The number of imide groups is 1. The summed E-state index contributed by atoms with van der Waals surface area (Å²) in [5.41, 5.74) is 0.866. The Morgan fingerprint density at radius 3 is 2.77 bits per heavy atom. The molecule has 0 unspecified atom stereocenters. The van der Waals surface area contributed by atoms with Crippen LogP contribution in [0.4, 0.5) is 9.80 Å². The second-order valence-corrected chi connectivity index (χ2v) is 6.79. The van der Waals surface area contributed by atoms with E-state index < -0.39 is 17.9 Å². The summed E-state index contributed by atoms with van der Waals surface area (Å²) in [7, 11) is 0. The fourth-order valence-corrected chi connectivity index (χ4v) is 3.65. The van der Waals surface area contributed by atoms with Crippen LogP contribution in [0.5, 0.6) is 0 Å². The van der Waals surface area contributed by atoms with E-state index in [1.54, 1.807) is 5.38 Å². The molecule has 0 aliphatic heterocycles. The zero-order valence-corrected chi connectivity index (χ0v) is 14.8. The summed E-state index contributed by atoms with van der Waals surface area (Å²) in [5.74, 6) is 0.984. The molecular weight excluding hydrogens is 374 g/mol. The van der Waals surface area contributed by atoms with Crippen molar-refractivity contribution in [3.63, 3.8) is 0 Å². The highest BCUT2D eigenvalue weighted by atomic mass is 32.1. The van der Waals surface area contributed by atoms with Crippen LogP contribution in [0.1, 0.15) is 20.2 Å². The number of thiazole rings is 1. The predicted octanol–water partition coefficient (Wildman–Crippen LogP) is 3.11. The number of thiophene rings is 1. The number of amides is 3. The van der Waals surface area contributed by atoms with E-state index in [1.165, 1.54) is 17.4 Å². The molecule has 0 bridgehead atoms. The van der Waals surface area contributed by atoms with E-state index in [0.29, 0.717) is 5.00 Å². The maximum Gasteiger partial charge on any atom is 0.415 e. The molecule has 26 heavy (non-hydrogen) atoms. The number of benzene rings is 1. The zero-order valence-electron chi connectivity index (χ0n) is 13.1. The summed E-state index contributed by atoms with van der Waals surface area (Å²) in [6, 6.07) is 8.88. The molecule has 2 aromatic heterocycles. The number of terminal acetylenes is 1. The van der Waals surface area contributed by atoms with Crippen molar-refractivity contribution in [1.82, 2.24) is 10.3 Å². The van der Waals surface area contributed by atoms with Crippen LogP contribution in [0.3, 0.4) is 0 Å². The standard InChI is InChI=1S/C17H11N3O4S2/c1-2-8-24-17(23)20-13(21)10-7-9-25-15(10)19-14(22)16-18-11-5-3-4-6-12(11)26-16/h1,3-7,9H,8H2,(H,19,22)(H,20,21,23). The number of rotatable bonds is 4. The van der Waals surface area contributed by atoms with Gasteiger partial charge >= 0.3 is 6.09 Å². The van der Waals surface area contributed by atoms with Gasteiger partial charge in [-0.25, -0.2) is 9.78 Å². The van der Waals surface area contributed by atoms with Crippen molar-refractivity contribution in [2.24, 2.45) is 0 Å². The average Bonchev–Trinajstić information content (AvgIpc) is 3.26. The van der Waals surface area contributed by atoms with E-state index in [9.17, 15) is 14.4 Å². The normalized spacial score (nSPS) is 10.1. The Balaban J connectivity index is 1.72. The van der Waals surface area contributed by atoms with E-state index in [2.05, 4.69) is 21.0 Å². The molecule has 3 rings (SSSR count). The van der Waals surface area contributed by atoms with Gasteiger partial charge in [-0.2, -0.15) is 0 Å². The van der Waals surface area contributed by atoms with E-state index in [0.717, 1.165) is 21.6 Å². The number of alkyl carbamates (subject to hydrolysis) is 1. The summed E-state index contributed by atoms with van der Waals surface area (Å²) in [6.07, 6.45) is 4.02. The SMILES string of the molecule is C#CCOC(=O)NC(=O)c1ccsc1NC(=O)c1nc2ccccc2s1. The summed E-state index contributed by atoms with van der Waals surface area (Å²) < 4.78 is 5.47. The monoisotopic (exact) mass is 385 g/mol. The third-order valence-electron chi connectivity index (χ3n) is 3.13. The Morgan fingerprint density at radius 1 is 1.19 bits per heavy atom. The predicted molar refractivity (Wildman–Crippen MR) is 99.5 cm³/mol. The topological polar surface area (TPSA) is 97.4 Å². The molecule has 0 aliphatic carbocycles. The van der Waals surface area contributed by atoms with Crippen molar-refractivity contribution in [1.29, 1.82) is 0 Å². The number of ether oxygens (including phenoxy) is 1. The number of carbonyl (C=O) groups excluding carboxylic acids is 3. The molecule has 1 aromatic carbocycles. The van der Waals surface area contributed by atoms with Crippen LogP contribution < -0.4 is 10.6 Å². The first-order valence-corrected chi connectivity index (χ1v) is 8.94. The number of para-hydroxylation sites is 1. The highest BCUT2D eigenvalue weighted by Crippen LogP contribution is 2.26. The molecule has 0 saturated heterocycles. The number of nitrogens with zero attached hydrogens (tertiary/aromatic N) is 1. The molecule has 9 heteroatoms. The van der Waals surface area contributed by atoms with Crippen molar-refractivity contribution in [2.45, 2.75) is 0 Å². The lowest BCUT2D eigenvalue weighted by atomic mass is 10.3. The van der Waals surface area contributed by atoms with Crippen LogP contribution >= 0.6 is 22.7 Å². The molecule has 0 aliphatic rings. The number of hydrogen-bond acceptors (Lipinski definition) is 7. The maximum atomic E-state index is 12.4. The zero-order chi connectivity index (χ0) is 18.5. The van der Waals surface area contributed by atoms with Gasteiger partial charge in [0.2, 0.25) is 0 Å². The number of nitrogens with one attached hydrogen (secondary N) is 2. The van der Waals surface area contributed by atoms with Gasteiger partial charge in [0, 0.05) is 0 Å². The van der Waals surface area contributed by atoms with Crippen molar-refractivity contribution in [3.8, 4) is 12.3 Å². The van der Waals surface area contributed by atoms with E-state index in [1.807, 2.05) is 29.6 Å². The van der Waals surface area contributed by atoms with Crippen LogP contribution in [-0.4, -0.2) is 29.5 Å². The van der Waals surface area contributed by atoms with Gasteiger partial charge in [-0.3, -0.25) is 14.9 Å². The highest BCUT2D eigenvalue weighted by Gasteiger charge is 2.20. The summed E-state index contributed by atoms with van der Waals surface area (Å²) in [5, 5.41) is 6.89. The Kier molecular flexibility index (Phi) is 5.26. The Morgan fingerprint density at radius 2 is 2.00 bits per heavy atom. The molecule has 130 valence electrons. The minimum absolute atomic E-state index is 0.141. The second kappa shape index (κ2) is 7.77. The fourth-order valence-electron chi connectivity index (χ4n) is 2.01. The third kappa shape index (κ3) is 3.88. The average molecular weight is 385 g/mol. The second-order valence-electron chi connectivity index (χ2n) is 4.84. The molecule has 3 aromatic rings. The number of hydrogen-bond donors (Lipinski definition) is 2. The van der Waals surface area contributed by atoms with Crippen LogP contribution in [0.15, 0.2) is 35.7 Å². The minimum atomic E-state index is -0.956. The first kappa shape index (κ1) is 17.6. The lowest BCUT2D eigenvalue weighted by Crippen LogP contribution is -2.31. The number of aromatic nitrogens is 1. The number of fused-ring (bicyclic) bond motifs is 1. The lowest BCUT2D eigenvalue weighted by Gasteiger charge is -2.05. The largest absolute Gasteiger partial charge is 0.436 e. The first-order chi connectivity index (χ1) is 12.6. The smallest absolute Gasteiger partial charge is 0.415 e. The molecule has 0 saturated carbocycles. The number of carbonyl (C=O) groups is 3. The molecule has 3 amide bonds. The molecule has 0 spiro atoms. The molecule has 0 radical (unpaired) electrons. The quantitative estimate of drug-likeness (QED) is 0.673. The van der Waals surface area contributed by atoms with Crippen molar-refractivity contribution in [3.05, 3.63) is 46.3 Å². The summed E-state index contributed by atoms with van der Waals surface area (Å²) in [4.78, 5) is 40.2. The van der Waals surface area contributed by atoms with Gasteiger partial charge in [-0.05, 0) is 23.6 Å². The van der Waals surface area contributed by atoms with Gasteiger partial charge in [-0.15, -0.1) is 29.1 Å². The first-order valence-electron chi connectivity index (χ1n) is 7.24. The van der Waals surface area contributed by atoms with Gasteiger partial charge in [0.05, 0.1) is 15.8 Å². The van der Waals surface area contributed by atoms with Gasteiger partial charge in [0.1, 0.15) is 5.00 Å². The maximum absolute atomic E-state index is 12.4. The Labute approximate surface area is 156 Å². The van der Waals surface area contributed by atoms with Gasteiger partial charge in [0.25, 0.3) is 11.8 Å². The fraction of sp³-hybridized carbons (Fsp3) is 0.0588. The van der Waals surface area contributed by atoms with Gasteiger partial charge < -0.3 is 10.1 Å². The van der Waals surface area contributed by atoms with E-state index in [4.69, 9.17) is 6.42 Å². The summed E-state index contributed by atoms with van der Waals surface area (Å²) in [6.45, 7) is -0.246. The van der Waals surface area contributed by atoms with Crippen LogP contribution in [-0.2, 0) is 4.74 Å². The molecule has 2 N–H and O–H groups in total. The van der Waals surface area contributed by atoms with Crippen molar-refractivity contribution in [2.75, 3.05) is 11.9 Å². The van der Waals surface area contributed by atoms with Crippen LogP contribution in [0.25, 0.3) is 10.2 Å². The van der Waals surface area contributed by atoms with Crippen molar-refractivity contribution >= 4 is 55.8 Å². The van der Waals surface area contributed by atoms with E-state index in [-0.39, 0.29) is 17.2 Å². The van der Waals surface area contributed by atoms with Crippen LogP contribution in [0, 0.1) is 12.3 Å². The van der Waals surface area contributed by atoms with Gasteiger partial charge in [0.15, 0.2) is 11.6 Å². The molecule has 0 atom stereocenters. The Bertz CT molecular complexity index is 999. The Hall–Kier alpha value is -3.22. The third-order valence-corrected chi connectivity index (χ3v) is 4.99. The highest BCUT2D eigenvalue weighted by molar-refractivity contribution is 7.20. The van der Waals surface area contributed by atoms with Gasteiger partial charge in [-0.1, -0.05) is 18.1 Å². The van der Waals surface area contributed by atoms with E-state index >= 15 is 0 Å². The van der Waals surface area contributed by atoms with Crippen molar-refractivity contribution < 1.29 is 19.1 Å². The summed E-state index contributed by atoms with van der Waals surface area (Å²) >= 11 is 2.40. The van der Waals surface area contributed by atoms with Crippen LogP contribution in [0.2, 0.25) is 0 Å². The molecule has 0 fully saturated rings. The minimum Gasteiger partial charge on any atom is -0.436 e.